The summed E-state index contributed by atoms with van der Waals surface area (Å²) >= 11 is 0. The molecule has 1 unspecified atom stereocenters. The van der Waals surface area contributed by atoms with Crippen molar-refractivity contribution < 1.29 is 17.9 Å². The first-order valence-corrected chi connectivity index (χ1v) is 4.82. The molecule has 0 aliphatic heterocycles. The van der Waals surface area contributed by atoms with E-state index in [1.54, 1.807) is 14.2 Å². The molecule has 0 heterocycles. The number of likely N-dealkylation sites (N-methyl/N-ethyl adjacent to an activating group) is 1. The number of hydrogen-bond acceptors (Lipinski definition) is 2. The molecule has 1 atom stereocenters. The first-order valence-electron chi connectivity index (χ1n) is 4.82. The van der Waals surface area contributed by atoms with Crippen molar-refractivity contribution in [2.24, 2.45) is 0 Å². The fourth-order valence-corrected chi connectivity index (χ4v) is 1.42. The third-order valence-corrected chi connectivity index (χ3v) is 2.32. The van der Waals surface area contributed by atoms with Crippen LogP contribution in [0.15, 0.2) is 24.3 Å². The highest BCUT2D eigenvalue weighted by Crippen LogP contribution is 2.29. The van der Waals surface area contributed by atoms with Crippen LogP contribution in [0.3, 0.4) is 0 Å². The van der Waals surface area contributed by atoms with Crippen LogP contribution in [-0.4, -0.2) is 20.8 Å². The summed E-state index contributed by atoms with van der Waals surface area (Å²) in [6.45, 7) is 0.419. The summed E-state index contributed by atoms with van der Waals surface area (Å²) in [5.41, 5.74) is 0.140. The molecule has 1 aromatic rings. The van der Waals surface area contributed by atoms with E-state index >= 15 is 0 Å². The van der Waals surface area contributed by atoms with E-state index in [0.717, 1.165) is 17.7 Å². The zero-order valence-corrected chi connectivity index (χ0v) is 9.14. The fraction of sp³-hybridized carbons (Fsp3) is 0.455. The maximum atomic E-state index is 12.3. The smallest absolute Gasteiger partial charge is 0.383 e. The summed E-state index contributed by atoms with van der Waals surface area (Å²) in [6.07, 6.45) is -4.28. The number of alkyl halides is 3. The lowest BCUT2D eigenvalue weighted by molar-refractivity contribution is -0.137. The van der Waals surface area contributed by atoms with Crippen LogP contribution in [0.2, 0.25) is 0 Å². The van der Waals surface area contributed by atoms with Gasteiger partial charge in [-0.1, -0.05) is 12.1 Å². The molecular formula is C11H14F3NO. The molecule has 0 aliphatic rings. The zero-order chi connectivity index (χ0) is 12.2. The van der Waals surface area contributed by atoms with Gasteiger partial charge in [-0.3, -0.25) is 0 Å². The molecule has 0 spiro atoms. The highest BCUT2D eigenvalue weighted by Gasteiger charge is 2.30. The highest BCUT2D eigenvalue weighted by molar-refractivity contribution is 5.26. The second-order valence-electron chi connectivity index (χ2n) is 3.42. The second-order valence-corrected chi connectivity index (χ2v) is 3.42. The number of halogens is 3. The van der Waals surface area contributed by atoms with Crippen LogP contribution in [0.1, 0.15) is 17.2 Å². The molecule has 0 saturated heterocycles. The lowest BCUT2D eigenvalue weighted by atomic mass is 10.1. The lowest BCUT2D eigenvalue weighted by Gasteiger charge is -2.16. The first kappa shape index (κ1) is 13.0. The van der Waals surface area contributed by atoms with Crippen molar-refractivity contribution in [1.29, 1.82) is 0 Å². The Balaban J connectivity index is 2.85. The van der Waals surface area contributed by atoms with E-state index in [0.29, 0.717) is 6.61 Å². The number of nitrogens with one attached hydrogen (secondary N) is 1. The molecular weight excluding hydrogens is 219 g/mol. The molecule has 1 rings (SSSR count). The standard InChI is InChI=1S/C11H14F3NO/c1-15-10(7-16-2)8-3-5-9(6-4-8)11(12,13)14/h3-6,10,15H,7H2,1-2H3. The SMILES string of the molecule is CNC(COC)c1ccc(C(F)(F)F)cc1. The Morgan fingerprint density at radius 2 is 1.81 bits per heavy atom. The highest BCUT2D eigenvalue weighted by atomic mass is 19.4. The minimum Gasteiger partial charge on any atom is -0.383 e. The quantitative estimate of drug-likeness (QED) is 0.863. The normalized spacial score (nSPS) is 13.8. The van der Waals surface area contributed by atoms with Gasteiger partial charge >= 0.3 is 6.18 Å². The van der Waals surface area contributed by atoms with Crippen molar-refractivity contribution >= 4 is 0 Å². The van der Waals surface area contributed by atoms with E-state index in [-0.39, 0.29) is 6.04 Å². The van der Waals surface area contributed by atoms with Gasteiger partial charge in [0.15, 0.2) is 0 Å². The third kappa shape index (κ3) is 3.21. The van der Waals surface area contributed by atoms with E-state index in [2.05, 4.69) is 5.32 Å². The van der Waals surface area contributed by atoms with Crippen LogP contribution < -0.4 is 5.32 Å². The predicted molar refractivity (Wildman–Crippen MR) is 55.1 cm³/mol. The maximum absolute atomic E-state index is 12.3. The van der Waals surface area contributed by atoms with E-state index in [9.17, 15) is 13.2 Å². The van der Waals surface area contributed by atoms with Gasteiger partial charge in [0.25, 0.3) is 0 Å². The van der Waals surface area contributed by atoms with Gasteiger partial charge < -0.3 is 10.1 Å². The van der Waals surface area contributed by atoms with Crippen LogP contribution in [0.25, 0.3) is 0 Å². The summed E-state index contributed by atoms with van der Waals surface area (Å²) in [4.78, 5) is 0. The predicted octanol–water partition coefficient (Wildman–Crippen LogP) is 2.61. The molecule has 0 aromatic heterocycles. The Kier molecular flexibility index (Phi) is 4.32. The maximum Gasteiger partial charge on any atom is 0.416 e. The van der Waals surface area contributed by atoms with Gasteiger partial charge in [-0.25, -0.2) is 0 Å². The van der Waals surface area contributed by atoms with Crippen molar-refractivity contribution in [3.8, 4) is 0 Å². The number of ether oxygens (including phenoxy) is 1. The molecule has 0 bridgehead atoms. The van der Waals surface area contributed by atoms with Crippen LogP contribution in [0, 0.1) is 0 Å². The molecule has 0 radical (unpaired) electrons. The van der Waals surface area contributed by atoms with Gasteiger partial charge in [0.1, 0.15) is 0 Å². The van der Waals surface area contributed by atoms with Crippen LogP contribution in [-0.2, 0) is 10.9 Å². The first-order chi connectivity index (χ1) is 7.49. The van der Waals surface area contributed by atoms with Crippen molar-refractivity contribution in [3.63, 3.8) is 0 Å². The molecule has 0 aliphatic carbocycles. The van der Waals surface area contributed by atoms with E-state index in [1.165, 1.54) is 12.1 Å². The van der Waals surface area contributed by atoms with Crippen molar-refractivity contribution in [3.05, 3.63) is 35.4 Å². The summed E-state index contributed by atoms with van der Waals surface area (Å²) in [5.74, 6) is 0. The van der Waals surface area contributed by atoms with Crippen molar-refractivity contribution in [2.45, 2.75) is 12.2 Å². The molecule has 1 aromatic carbocycles. The minimum atomic E-state index is -4.28. The Morgan fingerprint density at radius 1 is 1.25 bits per heavy atom. The topological polar surface area (TPSA) is 21.3 Å². The number of rotatable bonds is 4. The minimum absolute atomic E-state index is 0.0905. The number of methoxy groups -OCH3 is 1. The summed E-state index contributed by atoms with van der Waals surface area (Å²) in [5, 5.41) is 2.97. The Bertz CT molecular complexity index is 321. The van der Waals surface area contributed by atoms with Crippen LogP contribution in [0.5, 0.6) is 0 Å². The summed E-state index contributed by atoms with van der Waals surface area (Å²) in [7, 11) is 3.29. The second kappa shape index (κ2) is 5.32. The molecule has 90 valence electrons. The molecule has 0 amide bonds. The van der Waals surface area contributed by atoms with Gasteiger partial charge in [-0.15, -0.1) is 0 Å². The molecule has 16 heavy (non-hydrogen) atoms. The fourth-order valence-electron chi connectivity index (χ4n) is 1.42. The van der Waals surface area contributed by atoms with E-state index in [4.69, 9.17) is 4.74 Å². The van der Waals surface area contributed by atoms with Crippen LogP contribution in [0.4, 0.5) is 13.2 Å². The molecule has 2 nitrogen and oxygen atoms in total. The third-order valence-electron chi connectivity index (χ3n) is 2.32. The number of hydrogen-bond donors (Lipinski definition) is 1. The van der Waals surface area contributed by atoms with E-state index in [1.807, 2.05) is 0 Å². The number of benzene rings is 1. The van der Waals surface area contributed by atoms with E-state index < -0.39 is 11.7 Å². The largest absolute Gasteiger partial charge is 0.416 e. The zero-order valence-electron chi connectivity index (χ0n) is 9.14. The van der Waals surface area contributed by atoms with Crippen LogP contribution >= 0.6 is 0 Å². The van der Waals surface area contributed by atoms with Crippen molar-refractivity contribution in [1.82, 2.24) is 5.32 Å². The molecule has 0 saturated carbocycles. The molecule has 5 heteroatoms. The molecule has 0 fully saturated rings. The van der Waals surface area contributed by atoms with Gasteiger partial charge in [0.05, 0.1) is 18.2 Å². The van der Waals surface area contributed by atoms with Crippen molar-refractivity contribution in [2.75, 3.05) is 20.8 Å². The lowest BCUT2D eigenvalue weighted by Crippen LogP contribution is -2.21. The monoisotopic (exact) mass is 233 g/mol. The Hall–Kier alpha value is -1.07. The van der Waals surface area contributed by atoms with Gasteiger partial charge in [-0.05, 0) is 24.7 Å². The average Bonchev–Trinajstić information content (AvgIpc) is 2.25. The molecule has 1 N–H and O–H groups in total. The summed E-state index contributed by atoms with van der Waals surface area (Å²) < 4.78 is 41.9. The Labute approximate surface area is 92.4 Å². The average molecular weight is 233 g/mol. The Morgan fingerprint density at radius 3 is 2.19 bits per heavy atom. The van der Waals surface area contributed by atoms with Gasteiger partial charge in [0, 0.05) is 7.11 Å². The van der Waals surface area contributed by atoms with Gasteiger partial charge in [-0.2, -0.15) is 13.2 Å². The van der Waals surface area contributed by atoms with Gasteiger partial charge in [0.2, 0.25) is 0 Å². The summed E-state index contributed by atoms with van der Waals surface area (Å²) in [6, 6.07) is 4.99.